The molecule has 0 radical (unpaired) electrons. The van der Waals surface area contributed by atoms with Crippen LogP contribution in [0.1, 0.15) is 62.7 Å². The third kappa shape index (κ3) is 3.53. The first-order chi connectivity index (χ1) is 9.76. The van der Waals surface area contributed by atoms with Gasteiger partial charge in [0.05, 0.1) is 5.56 Å². The molecule has 0 fully saturated rings. The monoisotopic (exact) mass is 274 g/mol. The lowest BCUT2D eigenvalue weighted by Gasteiger charge is -2.33. The van der Waals surface area contributed by atoms with Gasteiger partial charge in [0.2, 0.25) is 0 Å². The Hall–Kier alpha value is -1.51. The number of hydrogen-bond acceptors (Lipinski definition) is 2. The highest BCUT2D eigenvalue weighted by atomic mass is 16.2. The fourth-order valence-electron chi connectivity index (χ4n) is 2.91. The molecule has 0 unspecified atom stereocenters. The summed E-state index contributed by atoms with van der Waals surface area (Å²) in [4.78, 5) is 12.1. The lowest BCUT2D eigenvalue weighted by atomic mass is 9.93. The van der Waals surface area contributed by atoms with Gasteiger partial charge in [0.15, 0.2) is 0 Å². The zero-order valence-electron chi connectivity index (χ0n) is 12.6. The van der Waals surface area contributed by atoms with E-state index >= 15 is 0 Å². The number of unbranched alkanes of at least 4 members (excludes halogenated alkanes) is 3. The predicted molar refractivity (Wildman–Crippen MR) is 83.9 cm³/mol. The number of hydrogen-bond donors (Lipinski definition) is 2. The fourth-order valence-corrected chi connectivity index (χ4v) is 2.91. The van der Waals surface area contributed by atoms with Crippen molar-refractivity contribution >= 4 is 11.6 Å². The summed E-state index contributed by atoms with van der Waals surface area (Å²) in [5.74, 6) is 0.556. The molecule has 0 saturated carbocycles. The molecular weight excluding hydrogens is 248 g/mol. The van der Waals surface area contributed by atoms with E-state index in [1.165, 1.54) is 32.1 Å². The molecule has 1 aliphatic heterocycles. The molecule has 0 aromatic heterocycles. The predicted octanol–water partition coefficient (Wildman–Crippen LogP) is 4.16. The molecule has 0 saturated heterocycles. The molecule has 2 N–H and O–H groups in total. The molecule has 1 amide bonds. The molecule has 20 heavy (non-hydrogen) atoms. The molecule has 1 aromatic rings. The Morgan fingerprint density at radius 1 is 1.10 bits per heavy atom. The molecule has 2 rings (SSSR count). The van der Waals surface area contributed by atoms with Crippen molar-refractivity contribution < 1.29 is 4.79 Å². The first kappa shape index (κ1) is 14.9. The molecule has 110 valence electrons. The number of carbonyl (C=O) groups excluding carboxylic acids is 1. The van der Waals surface area contributed by atoms with Crippen LogP contribution in [-0.2, 0) is 0 Å². The van der Waals surface area contributed by atoms with Crippen molar-refractivity contribution in [3.8, 4) is 0 Å². The van der Waals surface area contributed by atoms with E-state index in [9.17, 15) is 4.79 Å². The Labute approximate surface area is 122 Å². The van der Waals surface area contributed by atoms with E-state index in [-0.39, 0.29) is 12.1 Å². The number of benzene rings is 1. The van der Waals surface area contributed by atoms with Crippen molar-refractivity contribution in [2.75, 3.05) is 5.32 Å². The fraction of sp³-hybridized carbons (Fsp3) is 0.588. The average Bonchev–Trinajstić information content (AvgIpc) is 2.47. The van der Waals surface area contributed by atoms with Crippen LogP contribution in [0.2, 0.25) is 0 Å². The zero-order chi connectivity index (χ0) is 14.4. The summed E-state index contributed by atoms with van der Waals surface area (Å²) in [5, 5.41) is 6.60. The second-order valence-electron chi connectivity index (χ2n) is 5.66. The number of para-hydroxylation sites is 1. The van der Waals surface area contributed by atoms with E-state index in [4.69, 9.17) is 0 Å². The summed E-state index contributed by atoms with van der Waals surface area (Å²) in [6.45, 7) is 4.44. The van der Waals surface area contributed by atoms with Gasteiger partial charge in [-0.05, 0) is 30.9 Å². The second kappa shape index (κ2) is 7.32. The largest absolute Gasteiger partial charge is 0.364 e. The number of anilines is 1. The SMILES string of the molecule is CCCCCC[C@H](CC)[C@H]1NC(=O)c2ccccc2N1. The molecule has 3 heteroatoms. The molecule has 2 atom stereocenters. The summed E-state index contributed by atoms with van der Waals surface area (Å²) >= 11 is 0. The van der Waals surface area contributed by atoms with Crippen molar-refractivity contribution in [1.29, 1.82) is 0 Å². The topological polar surface area (TPSA) is 41.1 Å². The van der Waals surface area contributed by atoms with E-state index in [0.717, 1.165) is 17.7 Å². The van der Waals surface area contributed by atoms with Crippen LogP contribution in [0.5, 0.6) is 0 Å². The van der Waals surface area contributed by atoms with Crippen molar-refractivity contribution in [2.24, 2.45) is 5.92 Å². The Morgan fingerprint density at radius 2 is 1.90 bits per heavy atom. The molecule has 0 spiro atoms. The van der Waals surface area contributed by atoms with E-state index in [1.54, 1.807) is 0 Å². The molecule has 3 nitrogen and oxygen atoms in total. The van der Waals surface area contributed by atoms with Crippen LogP contribution in [0.15, 0.2) is 24.3 Å². The Balaban J connectivity index is 1.97. The minimum atomic E-state index is 0.0522. The molecule has 1 aromatic carbocycles. The van der Waals surface area contributed by atoms with E-state index in [0.29, 0.717) is 5.92 Å². The van der Waals surface area contributed by atoms with Crippen molar-refractivity contribution in [3.05, 3.63) is 29.8 Å². The molecule has 1 heterocycles. The third-order valence-corrected chi connectivity index (χ3v) is 4.19. The average molecular weight is 274 g/mol. The van der Waals surface area contributed by atoms with E-state index in [2.05, 4.69) is 24.5 Å². The number of carbonyl (C=O) groups is 1. The second-order valence-corrected chi connectivity index (χ2v) is 5.66. The van der Waals surface area contributed by atoms with Crippen LogP contribution in [0.4, 0.5) is 5.69 Å². The maximum absolute atomic E-state index is 12.1. The Bertz CT molecular complexity index is 444. The molecule has 1 aliphatic rings. The van der Waals surface area contributed by atoms with Crippen LogP contribution in [0, 0.1) is 5.92 Å². The number of fused-ring (bicyclic) bond motifs is 1. The Kier molecular flexibility index (Phi) is 5.45. The van der Waals surface area contributed by atoms with Crippen molar-refractivity contribution in [1.82, 2.24) is 5.32 Å². The number of amides is 1. The summed E-state index contributed by atoms with van der Waals surface area (Å²) < 4.78 is 0. The highest BCUT2D eigenvalue weighted by Gasteiger charge is 2.27. The van der Waals surface area contributed by atoms with E-state index < -0.39 is 0 Å². The smallest absolute Gasteiger partial charge is 0.254 e. The van der Waals surface area contributed by atoms with Gasteiger partial charge in [-0.2, -0.15) is 0 Å². The first-order valence-electron chi connectivity index (χ1n) is 7.92. The zero-order valence-corrected chi connectivity index (χ0v) is 12.6. The lowest BCUT2D eigenvalue weighted by Crippen LogP contribution is -2.49. The first-order valence-corrected chi connectivity index (χ1v) is 7.92. The summed E-state index contributed by atoms with van der Waals surface area (Å²) in [7, 11) is 0. The maximum atomic E-state index is 12.1. The van der Waals surface area contributed by atoms with Gasteiger partial charge < -0.3 is 10.6 Å². The molecule has 0 bridgehead atoms. The normalized spacial score (nSPS) is 18.9. The van der Waals surface area contributed by atoms with Crippen LogP contribution >= 0.6 is 0 Å². The van der Waals surface area contributed by atoms with Gasteiger partial charge in [-0.25, -0.2) is 0 Å². The third-order valence-electron chi connectivity index (χ3n) is 4.19. The van der Waals surface area contributed by atoms with Crippen LogP contribution in [0.25, 0.3) is 0 Å². The minimum Gasteiger partial charge on any atom is -0.364 e. The van der Waals surface area contributed by atoms with Crippen LogP contribution < -0.4 is 10.6 Å². The minimum absolute atomic E-state index is 0.0522. The maximum Gasteiger partial charge on any atom is 0.254 e. The van der Waals surface area contributed by atoms with Crippen LogP contribution in [-0.4, -0.2) is 12.1 Å². The van der Waals surface area contributed by atoms with Gasteiger partial charge >= 0.3 is 0 Å². The van der Waals surface area contributed by atoms with Crippen LogP contribution in [0.3, 0.4) is 0 Å². The number of rotatable bonds is 7. The van der Waals surface area contributed by atoms with E-state index in [1.807, 2.05) is 24.3 Å². The quantitative estimate of drug-likeness (QED) is 0.733. The highest BCUT2D eigenvalue weighted by Crippen LogP contribution is 2.26. The molecule has 0 aliphatic carbocycles. The number of nitrogens with one attached hydrogen (secondary N) is 2. The Morgan fingerprint density at radius 3 is 2.65 bits per heavy atom. The van der Waals surface area contributed by atoms with Gasteiger partial charge in [0.1, 0.15) is 6.17 Å². The van der Waals surface area contributed by atoms with Gasteiger partial charge in [0, 0.05) is 5.69 Å². The van der Waals surface area contributed by atoms with Gasteiger partial charge in [-0.1, -0.05) is 51.7 Å². The van der Waals surface area contributed by atoms with Crippen molar-refractivity contribution in [2.45, 2.75) is 58.5 Å². The highest BCUT2D eigenvalue weighted by molar-refractivity contribution is 6.01. The van der Waals surface area contributed by atoms with Crippen molar-refractivity contribution in [3.63, 3.8) is 0 Å². The molecular formula is C17H26N2O. The summed E-state index contributed by atoms with van der Waals surface area (Å²) in [6.07, 6.45) is 7.46. The van der Waals surface area contributed by atoms with Gasteiger partial charge in [0.25, 0.3) is 5.91 Å². The summed E-state index contributed by atoms with van der Waals surface area (Å²) in [6, 6.07) is 7.74. The lowest BCUT2D eigenvalue weighted by molar-refractivity contribution is 0.0919. The standard InChI is InChI=1S/C17H26N2O/c1-3-5-6-7-10-13(4-2)16-18-15-12-9-8-11-14(15)17(20)19-16/h8-9,11-13,16,18H,3-7,10H2,1-2H3,(H,19,20)/t13-,16+/m0/s1. The van der Waals surface area contributed by atoms with Gasteiger partial charge in [-0.3, -0.25) is 4.79 Å². The summed E-state index contributed by atoms with van der Waals surface area (Å²) in [5.41, 5.74) is 1.72. The van der Waals surface area contributed by atoms with Gasteiger partial charge in [-0.15, -0.1) is 0 Å².